The molecule has 5 heteroatoms. The minimum absolute atomic E-state index is 0.315. The van der Waals surface area contributed by atoms with Gasteiger partial charge in [0.15, 0.2) is 0 Å². The van der Waals surface area contributed by atoms with Gasteiger partial charge in [-0.3, -0.25) is 4.98 Å². The molecule has 0 bridgehead atoms. The zero-order valence-electron chi connectivity index (χ0n) is 14.4. The van der Waals surface area contributed by atoms with Gasteiger partial charge in [-0.05, 0) is 78.4 Å². The molecule has 0 aliphatic heterocycles. The number of benzene rings is 2. The lowest BCUT2D eigenvalue weighted by atomic mass is 10.1. The van der Waals surface area contributed by atoms with Gasteiger partial charge >= 0.3 is 0 Å². The molecule has 4 nitrogen and oxygen atoms in total. The molecule has 1 unspecified atom stereocenters. The Bertz CT molecular complexity index is 882. The lowest BCUT2D eigenvalue weighted by Gasteiger charge is -2.14. The van der Waals surface area contributed by atoms with Gasteiger partial charge in [-0.15, -0.1) is 0 Å². The van der Waals surface area contributed by atoms with Crippen LogP contribution in [-0.2, 0) is 6.54 Å². The van der Waals surface area contributed by atoms with E-state index in [2.05, 4.69) is 70.3 Å². The summed E-state index contributed by atoms with van der Waals surface area (Å²) in [6.45, 7) is 4.93. The first-order chi connectivity index (χ1) is 12.1. The molecule has 130 valence electrons. The lowest BCUT2D eigenvalue weighted by molar-refractivity contribution is 0.457. The van der Waals surface area contributed by atoms with E-state index >= 15 is 0 Å². The van der Waals surface area contributed by atoms with E-state index in [1.54, 1.807) is 6.07 Å². The van der Waals surface area contributed by atoms with Crippen molar-refractivity contribution >= 4 is 44.9 Å². The Morgan fingerprint density at radius 2 is 2.00 bits per heavy atom. The van der Waals surface area contributed by atoms with Crippen LogP contribution in [0.4, 0.5) is 11.4 Å². The largest absolute Gasteiger partial charge is 0.508 e. The summed E-state index contributed by atoms with van der Waals surface area (Å²) >= 11 is 2.29. The number of rotatable bonds is 6. The van der Waals surface area contributed by atoms with Crippen molar-refractivity contribution in [1.82, 2.24) is 10.3 Å². The van der Waals surface area contributed by atoms with Crippen LogP contribution in [0, 0.1) is 3.57 Å². The summed E-state index contributed by atoms with van der Waals surface area (Å²) in [5.41, 5.74) is 3.81. The maximum Gasteiger partial charge on any atom is 0.120 e. The van der Waals surface area contributed by atoms with E-state index in [1.807, 2.05) is 24.4 Å². The summed E-state index contributed by atoms with van der Waals surface area (Å²) in [5, 5.41) is 18.1. The molecule has 0 aliphatic rings. The molecule has 1 heterocycles. The fourth-order valence-electron chi connectivity index (χ4n) is 2.62. The minimum Gasteiger partial charge on any atom is -0.508 e. The fraction of sp³-hybridized carbons (Fsp3) is 0.250. The van der Waals surface area contributed by atoms with Crippen LogP contribution in [0.2, 0.25) is 0 Å². The third kappa shape index (κ3) is 4.41. The number of nitrogens with one attached hydrogen (secondary N) is 2. The standard InChI is InChI=1S/C20H22IN3O/c1-3-13(2)23-12-14-10-16(5-7-20(14)25)24-18-8-9-22-19-11-15(21)4-6-17(18)19/h4-11,13,23,25H,3,12H2,1-2H3,(H,22,24). The molecule has 0 radical (unpaired) electrons. The summed E-state index contributed by atoms with van der Waals surface area (Å²) in [4.78, 5) is 4.44. The van der Waals surface area contributed by atoms with E-state index in [9.17, 15) is 5.11 Å². The molecule has 3 rings (SSSR count). The SMILES string of the molecule is CCC(C)NCc1cc(Nc2ccnc3cc(I)ccc23)ccc1O. The Labute approximate surface area is 161 Å². The molecular weight excluding hydrogens is 425 g/mol. The fourth-order valence-corrected chi connectivity index (χ4v) is 3.09. The number of fused-ring (bicyclic) bond motifs is 1. The third-order valence-corrected chi connectivity index (χ3v) is 4.99. The van der Waals surface area contributed by atoms with Crippen molar-refractivity contribution in [1.29, 1.82) is 0 Å². The van der Waals surface area contributed by atoms with Crippen molar-refractivity contribution in [2.45, 2.75) is 32.9 Å². The first kappa shape index (κ1) is 17.9. The average molecular weight is 447 g/mol. The van der Waals surface area contributed by atoms with E-state index in [4.69, 9.17) is 0 Å². The molecule has 0 saturated heterocycles. The number of phenolic OH excluding ortho intramolecular Hbond substituents is 1. The number of phenols is 1. The van der Waals surface area contributed by atoms with E-state index in [1.165, 1.54) is 0 Å². The smallest absolute Gasteiger partial charge is 0.120 e. The number of hydrogen-bond donors (Lipinski definition) is 3. The normalized spacial score (nSPS) is 12.3. The molecule has 0 spiro atoms. The van der Waals surface area contributed by atoms with Crippen molar-refractivity contribution in [3.63, 3.8) is 0 Å². The van der Waals surface area contributed by atoms with Crippen LogP contribution in [0.1, 0.15) is 25.8 Å². The van der Waals surface area contributed by atoms with E-state index in [0.717, 1.165) is 37.8 Å². The maximum atomic E-state index is 10.1. The molecule has 2 aromatic carbocycles. The summed E-state index contributed by atoms with van der Waals surface area (Å²) in [6, 6.07) is 14.2. The summed E-state index contributed by atoms with van der Waals surface area (Å²) < 4.78 is 1.16. The highest BCUT2D eigenvalue weighted by Crippen LogP contribution is 2.28. The van der Waals surface area contributed by atoms with Crippen LogP contribution in [0.5, 0.6) is 5.75 Å². The van der Waals surface area contributed by atoms with Gasteiger partial charge in [0, 0.05) is 44.7 Å². The molecule has 0 fully saturated rings. The van der Waals surface area contributed by atoms with Crippen LogP contribution in [0.15, 0.2) is 48.7 Å². The first-order valence-electron chi connectivity index (χ1n) is 8.43. The van der Waals surface area contributed by atoms with E-state index < -0.39 is 0 Å². The second kappa shape index (κ2) is 8.01. The zero-order valence-corrected chi connectivity index (χ0v) is 16.5. The molecular formula is C20H22IN3O. The van der Waals surface area contributed by atoms with E-state index in [0.29, 0.717) is 18.3 Å². The Balaban J connectivity index is 1.86. The molecule has 3 N–H and O–H groups in total. The van der Waals surface area contributed by atoms with Crippen LogP contribution >= 0.6 is 22.6 Å². The molecule has 1 atom stereocenters. The molecule has 25 heavy (non-hydrogen) atoms. The number of nitrogens with zero attached hydrogens (tertiary/aromatic N) is 1. The average Bonchev–Trinajstić information content (AvgIpc) is 2.61. The van der Waals surface area contributed by atoms with Crippen LogP contribution in [0.3, 0.4) is 0 Å². The van der Waals surface area contributed by atoms with Gasteiger partial charge in [-0.1, -0.05) is 6.92 Å². The van der Waals surface area contributed by atoms with Gasteiger partial charge in [0.25, 0.3) is 0 Å². The second-order valence-corrected chi connectivity index (χ2v) is 7.42. The number of aromatic nitrogens is 1. The highest BCUT2D eigenvalue weighted by molar-refractivity contribution is 14.1. The van der Waals surface area contributed by atoms with Crippen molar-refractivity contribution in [3.05, 3.63) is 57.8 Å². The van der Waals surface area contributed by atoms with Gasteiger partial charge in [0.05, 0.1) is 5.52 Å². The number of aromatic hydroxyl groups is 1. The Hall–Kier alpha value is -1.86. The Morgan fingerprint density at radius 1 is 1.16 bits per heavy atom. The van der Waals surface area contributed by atoms with Crippen LogP contribution in [-0.4, -0.2) is 16.1 Å². The van der Waals surface area contributed by atoms with Gasteiger partial charge < -0.3 is 15.7 Å². The second-order valence-electron chi connectivity index (χ2n) is 6.18. The van der Waals surface area contributed by atoms with Gasteiger partial charge in [0.2, 0.25) is 0 Å². The minimum atomic E-state index is 0.315. The molecule has 0 saturated carbocycles. The molecule has 0 amide bonds. The quantitative estimate of drug-likeness (QED) is 0.360. The van der Waals surface area contributed by atoms with Crippen molar-refractivity contribution < 1.29 is 5.11 Å². The number of pyridine rings is 1. The van der Waals surface area contributed by atoms with Gasteiger partial charge in [-0.2, -0.15) is 0 Å². The topological polar surface area (TPSA) is 57.2 Å². The number of hydrogen-bond acceptors (Lipinski definition) is 4. The number of halogens is 1. The van der Waals surface area contributed by atoms with Crippen molar-refractivity contribution in [2.24, 2.45) is 0 Å². The first-order valence-corrected chi connectivity index (χ1v) is 9.51. The lowest BCUT2D eigenvalue weighted by Crippen LogP contribution is -2.24. The molecule has 0 aliphatic carbocycles. The summed E-state index contributed by atoms with van der Waals surface area (Å²) in [7, 11) is 0. The summed E-state index contributed by atoms with van der Waals surface area (Å²) in [5.74, 6) is 0.315. The zero-order chi connectivity index (χ0) is 17.8. The van der Waals surface area contributed by atoms with Crippen molar-refractivity contribution in [2.75, 3.05) is 5.32 Å². The third-order valence-electron chi connectivity index (χ3n) is 4.32. The maximum absolute atomic E-state index is 10.1. The number of anilines is 2. The van der Waals surface area contributed by atoms with Gasteiger partial charge in [-0.25, -0.2) is 0 Å². The summed E-state index contributed by atoms with van der Waals surface area (Å²) in [6.07, 6.45) is 2.87. The Morgan fingerprint density at radius 3 is 2.80 bits per heavy atom. The van der Waals surface area contributed by atoms with E-state index in [-0.39, 0.29) is 0 Å². The van der Waals surface area contributed by atoms with Gasteiger partial charge in [0.1, 0.15) is 5.75 Å². The molecule has 1 aromatic heterocycles. The molecule has 3 aromatic rings. The highest BCUT2D eigenvalue weighted by atomic mass is 127. The predicted octanol–water partition coefficient (Wildman–Crippen LogP) is 5.18. The predicted molar refractivity (Wildman–Crippen MR) is 112 cm³/mol. The van der Waals surface area contributed by atoms with Crippen LogP contribution in [0.25, 0.3) is 10.9 Å². The van der Waals surface area contributed by atoms with Crippen LogP contribution < -0.4 is 10.6 Å². The van der Waals surface area contributed by atoms with Crippen molar-refractivity contribution in [3.8, 4) is 5.75 Å². The monoisotopic (exact) mass is 447 g/mol. The highest BCUT2D eigenvalue weighted by Gasteiger charge is 2.07. The Kier molecular flexibility index (Phi) is 5.75.